The van der Waals surface area contributed by atoms with Gasteiger partial charge in [0.1, 0.15) is 5.75 Å². The van der Waals surface area contributed by atoms with Gasteiger partial charge in [-0.3, -0.25) is 0 Å². The molecule has 0 aromatic heterocycles. The van der Waals surface area contributed by atoms with Gasteiger partial charge >= 0.3 is 7.12 Å². The Morgan fingerprint density at radius 3 is 2.36 bits per heavy atom. The highest BCUT2D eigenvalue weighted by atomic mass is 35.5. The molecule has 22 heavy (non-hydrogen) atoms. The Morgan fingerprint density at radius 2 is 1.86 bits per heavy atom. The molecule has 0 bridgehead atoms. The summed E-state index contributed by atoms with van der Waals surface area (Å²) >= 11 is 5.97. The van der Waals surface area contributed by atoms with Gasteiger partial charge in [0.25, 0.3) is 0 Å². The number of benzene rings is 1. The van der Waals surface area contributed by atoms with Crippen molar-refractivity contribution in [1.29, 1.82) is 0 Å². The van der Waals surface area contributed by atoms with Gasteiger partial charge < -0.3 is 19.7 Å². The highest BCUT2D eigenvalue weighted by Gasteiger charge is 2.52. The molecule has 1 heterocycles. The molecule has 0 amide bonds. The molecular formula is C16H23BClNO3. The number of rotatable bonds is 4. The van der Waals surface area contributed by atoms with Gasteiger partial charge in [-0.15, -0.1) is 0 Å². The lowest BCUT2D eigenvalue weighted by Gasteiger charge is -2.32. The minimum Gasteiger partial charge on any atom is -0.506 e. The maximum atomic E-state index is 9.52. The topological polar surface area (TPSA) is 50.7 Å². The predicted molar refractivity (Wildman–Crippen MR) is 91.1 cm³/mol. The molecule has 1 fully saturated rings. The summed E-state index contributed by atoms with van der Waals surface area (Å²) in [5, 5.41) is 13.0. The fourth-order valence-electron chi connectivity index (χ4n) is 2.23. The standard InChI is InChI=1S/C16H23BClNO3/c1-15(2)16(3,4)22-17(21-15)12(10-19-5)8-11-6-7-14(20)13(18)9-11/h6-9,19-20H,10H2,1-5H3. The Morgan fingerprint density at radius 1 is 1.27 bits per heavy atom. The van der Waals surface area contributed by atoms with Crippen LogP contribution < -0.4 is 5.32 Å². The molecule has 4 nitrogen and oxygen atoms in total. The second kappa shape index (κ2) is 6.24. The molecule has 0 atom stereocenters. The Kier molecular flexibility index (Phi) is 4.92. The molecule has 0 saturated carbocycles. The van der Waals surface area contributed by atoms with E-state index in [1.165, 1.54) is 0 Å². The number of hydrogen-bond acceptors (Lipinski definition) is 4. The van der Waals surface area contributed by atoms with Crippen LogP contribution in [0.4, 0.5) is 0 Å². The quantitative estimate of drug-likeness (QED) is 0.835. The minimum absolute atomic E-state index is 0.0737. The maximum Gasteiger partial charge on any atom is 0.491 e. The molecule has 2 N–H and O–H groups in total. The van der Waals surface area contributed by atoms with E-state index in [4.69, 9.17) is 20.9 Å². The van der Waals surface area contributed by atoms with Crippen molar-refractivity contribution in [1.82, 2.24) is 5.32 Å². The van der Waals surface area contributed by atoms with Crippen molar-refractivity contribution in [2.45, 2.75) is 38.9 Å². The smallest absolute Gasteiger partial charge is 0.491 e. The van der Waals surface area contributed by atoms with E-state index in [-0.39, 0.29) is 17.0 Å². The lowest BCUT2D eigenvalue weighted by Crippen LogP contribution is -2.41. The van der Waals surface area contributed by atoms with Gasteiger partial charge in [-0.2, -0.15) is 0 Å². The van der Waals surface area contributed by atoms with Crippen LogP contribution in [0.2, 0.25) is 5.02 Å². The maximum absolute atomic E-state index is 9.52. The molecule has 0 unspecified atom stereocenters. The van der Waals surface area contributed by atoms with E-state index in [9.17, 15) is 5.11 Å². The van der Waals surface area contributed by atoms with Crippen molar-refractivity contribution in [3.8, 4) is 5.75 Å². The lowest BCUT2D eigenvalue weighted by atomic mass is 9.77. The summed E-state index contributed by atoms with van der Waals surface area (Å²) < 4.78 is 12.2. The van der Waals surface area contributed by atoms with E-state index in [1.807, 2.05) is 46.9 Å². The van der Waals surface area contributed by atoms with Crippen LogP contribution in [0.15, 0.2) is 23.7 Å². The molecule has 1 aliphatic heterocycles. The van der Waals surface area contributed by atoms with Crippen LogP contribution >= 0.6 is 11.6 Å². The number of nitrogens with one attached hydrogen (secondary N) is 1. The van der Waals surface area contributed by atoms with Crippen LogP contribution in [0.25, 0.3) is 6.08 Å². The Bertz CT molecular complexity index is 571. The molecule has 1 aromatic rings. The van der Waals surface area contributed by atoms with E-state index in [0.717, 1.165) is 11.0 Å². The average molecular weight is 324 g/mol. The van der Waals surface area contributed by atoms with Crippen LogP contribution in [0.3, 0.4) is 0 Å². The van der Waals surface area contributed by atoms with Gasteiger partial charge in [0.15, 0.2) is 0 Å². The SMILES string of the molecule is CNCC(=Cc1ccc(O)c(Cl)c1)B1OC(C)(C)C(C)(C)O1. The second-order valence-corrected chi connectivity index (χ2v) is 6.96. The van der Waals surface area contributed by atoms with Gasteiger partial charge in [-0.05, 0) is 57.9 Å². The number of phenolic OH excluding ortho intramolecular Hbond substituents is 1. The second-order valence-electron chi connectivity index (χ2n) is 6.55. The molecule has 0 aliphatic carbocycles. The van der Waals surface area contributed by atoms with Crippen LogP contribution in [-0.2, 0) is 9.31 Å². The first-order valence-electron chi connectivity index (χ1n) is 7.35. The van der Waals surface area contributed by atoms with E-state index in [2.05, 4.69) is 5.32 Å². The number of halogens is 1. The summed E-state index contributed by atoms with van der Waals surface area (Å²) in [6.07, 6.45) is 1.98. The molecule has 1 saturated heterocycles. The Labute approximate surface area is 137 Å². The Hall–Kier alpha value is -1.01. The van der Waals surface area contributed by atoms with Crippen molar-refractivity contribution in [3.05, 3.63) is 34.3 Å². The first-order valence-corrected chi connectivity index (χ1v) is 7.73. The lowest BCUT2D eigenvalue weighted by molar-refractivity contribution is 0.00578. The van der Waals surface area contributed by atoms with Crippen molar-refractivity contribution in [2.24, 2.45) is 0 Å². The van der Waals surface area contributed by atoms with Crippen molar-refractivity contribution in [2.75, 3.05) is 13.6 Å². The monoisotopic (exact) mass is 323 g/mol. The highest BCUT2D eigenvalue weighted by Crippen LogP contribution is 2.38. The zero-order valence-corrected chi connectivity index (χ0v) is 14.5. The van der Waals surface area contributed by atoms with Crippen LogP contribution in [0.5, 0.6) is 5.75 Å². The fraction of sp³-hybridized carbons (Fsp3) is 0.500. The Balaban J connectivity index is 2.31. The van der Waals surface area contributed by atoms with Crippen molar-refractivity contribution >= 4 is 24.8 Å². The first kappa shape index (κ1) is 17.4. The van der Waals surface area contributed by atoms with Crippen LogP contribution in [0.1, 0.15) is 33.3 Å². The summed E-state index contributed by atoms with van der Waals surface area (Å²) in [5.74, 6) is 0.0737. The van der Waals surface area contributed by atoms with Crippen molar-refractivity contribution in [3.63, 3.8) is 0 Å². The van der Waals surface area contributed by atoms with Gasteiger partial charge in [0, 0.05) is 6.54 Å². The molecule has 1 aliphatic rings. The van der Waals surface area contributed by atoms with Gasteiger partial charge in [0.05, 0.1) is 16.2 Å². The van der Waals surface area contributed by atoms with Crippen LogP contribution in [-0.4, -0.2) is 37.0 Å². The molecule has 1 aromatic carbocycles. The van der Waals surface area contributed by atoms with E-state index >= 15 is 0 Å². The zero-order chi connectivity index (χ0) is 16.5. The molecule has 120 valence electrons. The molecule has 0 radical (unpaired) electrons. The number of likely N-dealkylation sites (N-methyl/N-ethyl adjacent to an activating group) is 1. The third kappa shape index (κ3) is 3.49. The zero-order valence-electron chi connectivity index (χ0n) is 13.7. The third-order valence-electron chi connectivity index (χ3n) is 4.26. The highest BCUT2D eigenvalue weighted by molar-refractivity contribution is 6.56. The molecule has 2 rings (SSSR count). The normalized spacial score (nSPS) is 20.5. The number of aromatic hydroxyl groups is 1. The molecule has 6 heteroatoms. The van der Waals surface area contributed by atoms with E-state index in [0.29, 0.717) is 11.6 Å². The molecular weight excluding hydrogens is 300 g/mol. The first-order chi connectivity index (χ1) is 10.2. The third-order valence-corrected chi connectivity index (χ3v) is 4.56. The summed E-state index contributed by atoms with van der Waals surface area (Å²) in [6.45, 7) is 8.75. The minimum atomic E-state index is -0.412. The van der Waals surface area contributed by atoms with Gasteiger partial charge in [0.2, 0.25) is 0 Å². The summed E-state index contributed by atoms with van der Waals surface area (Å²) in [7, 11) is 1.47. The van der Waals surface area contributed by atoms with Gasteiger partial charge in [-0.25, -0.2) is 0 Å². The van der Waals surface area contributed by atoms with Crippen LogP contribution in [0, 0.1) is 0 Å². The largest absolute Gasteiger partial charge is 0.506 e. The number of hydrogen-bond donors (Lipinski definition) is 2. The van der Waals surface area contributed by atoms with Crippen molar-refractivity contribution < 1.29 is 14.4 Å². The summed E-state index contributed by atoms with van der Waals surface area (Å²) in [4.78, 5) is 0. The number of phenols is 1. The average Bonchev–Trinajstić information content (AvgIpc) is 2.62. The predicted octanol–water partition coefficient (Wildman–Crippen LogP) is 3.28. The van der Waals surface area contributed by atoms with Gasteiger partial charge in [-0.1, -0.05) is 23.7 Å². The molecule has 0 spiro atoms. The fourth-order valence-corrected chi connectivity index (χ4v) is 2.42. The summed E-state index contributed by atoms with van der Waals surface area (Å²) in [6, 6.07) is 5.11. The van der Waals surface area contributed by atoms with E-state index in [1.54, 1.807) is 12.1 Å². The summed E-state index contributed by atoms with van der Waals surface area (Å²) in [5.41, 5.74) is 1.11. The van der Waals surface area contributed by atoms with E-state index < -0.39 is 7.12 Å².